The molecule has 1 atom stereocenters. The summed E-state index contributed by atoms with van der Waals surface area (Å²) in [7, 11) is 0. The summed E-state index contributed by atoms with van der Waals surface area (Å²) in [6.45, 7) is 5.98. The van der Waals surface area contributed by atoms with Crippen LogP contribution in [0.3, 0.4) is 0 Å². The van der Waals surface area contributed by atoms with Crippen molar-refractivity contribution in [2.75, 3.05) is 10.6 Å². The van der Waals surface area contributed by atoms with Gasteiger partial charge in [-0.25, -0.2) is 9.97 Å². The van der Waals surface area contributed by atoms with E-state index in [2.05, 4.69) is 25.6 Å². The largest absolute Gasteiger partial charge is 0.368 e. The van der Waals surface area contributed by atoms with Gasteiger partial charge in [-0.1, -0.05) is 20.8 Å². The van der Waals surface area contributed by atoms with Crippen LogP contribution in [0.4, 0.5) is 17.3 Å². The van der Waals surface area contributed by atoms with E-state index in [1.807, 2.05) is 32.9 Å². The van der Waals surface area contributed by atoms with E-state index in [9.17, 15) is 9.59 Å². The maximum atomic E-state index is 11.7. The fourth-order valence-electron chi connectivity index (χ4n) is 2.47. The van der Waals surface area contributed by atoms with Gasteiger partial charge in [0.1, 0.15) is 11.9 Å². The van der Waals surface area contributed by atoms with E-state index in [4.69, 9.17) is 11.5 Å². The van der Waals surface area contributed by atoms with Crippen molar-refractivity contribution in [3.8, 4) is 0 Å². The maximum Gasteiger partial charge on any atom is 0.271 e. The number of aryl methyl sites for hydroxylation is 1. The highest BCUT2D eigenvalue weighted by Gasteiger charge is 2.19. The Bertz CT molecular complexity index is 806. The zero-order chi connectivity index (χ0) is 20.0. The Hall–Kier alpha value is -3.23. The van der Waals surface area contributed by atoms with Crippen molar-refractivity contribution >= 4 is 29.1 Å². The van der Waals surface area contributed by atoms with Crippen molar-refractivity contribution in [1.29, 1.82) is 0 Å². The van der Waals surface area contributed by atoms with Gasteiger partial charge in [0.2, 0.25) is 5.91 Å². The predicted octanol–water partition coefficient (Wildman–Crippen LogP) is 1.59. The first-order chi connectivity index (χ1) is 12.8. The van der Waals surface area contributed by atoms with Crippen LogP contribution in [0, 0.1) is 5.92 Å². The van der Waals surface area contributed by atoms with Crippen LogP contribution in [0.2, 0.25) is 0 Å². The molecule has 0 spiro atoms. The molecule has 0 radical (unpaired) electrons. The number of amides is 2. The molecule has 0 saturated carbocycles. The van der Waals surface area contributed by atoms with E-state index in [0.717, 1.165) is 12.1 Å². The number of nitrogens with one attached hydrogen (secondary N) is 2. The molecule has 2 rings (SSSR count). The number of nitrogens with two attached hydrogens (primary N) is 2. The number of pyridine rings is 1. The van der Waals surface area contributed by atoms with Gasteiger partial charge in [-0.3, -0.25) is 14.6 Å². The van der Waals surface area contributed by atoms with Crippen molar-refractivity contribution in [2.24, 2.45) is 17.4 Å². The maximum absolute atomic E-state index is 11.7. The molecule has 0 saturated heterocycles. The summed E-state index contributed by atoms with van der Waals surface area (Å²) in [5.74, 6) is -0.466. The molecular formula is C18H25N7O2. The Morgan fingerprint density at radius 1 is 1.15 bits per heavy atom. The minimum atomic E-state index is -0.719. The molecule has 9 nitrogen and oxygen atoms in total. The van der Waals surface area contributed by atoms with E-state index >= 15 is 0 Å². The van der Waals surface area contributed by atoms with Crippen LogP contribution in [-0.2, 0) is 11.2 Å². The number of hydrogen-bond donors (Lipinski definition) is 4. The van der Waals surface area contributed by atoms with Crippen LogP contribution in [0.15, 0.2) is 24.5 Å². The molecule has 2 aromatic rings. The molecular weight excluding hydrogens is 346 g/mol. The number of carbonyl (C=O) groups excluding carboxylic acids is 2. The second kappa shape index (κ2) is 8.93. The lowest BCUT2D eigenvalue weighted by molar-refractivity contribution is -0.119. The van der Waals surface area contributed by atoms with E-state index < -0.39 is 17.9 Å². The molecule has 0 bridgehead atoms. The lowest BCUT2D eigenvalue weighted by atomic mass is 10.0. The molecule has 9 heteroatoms. The van der Waals surface area contributed by atoms with Gasteiger partial charge in [0, 0.05) is 5.69 Å². The number of hydrogen-bond acceptors (Lipinski definition) is 7. The summed E-state index contributed by atoms with van der Waals surface area (Å²) in [5, 5.41) is 5.96. The first-order valence-corrected chi connectivity index (χ1v) is 8.74. The molecule has 0 aliphatic heterocycles. The monoisotopic (exact) mass is 371 g/mol. The quantitative estimate of drug-likeness (QED) is 0.523. The highest BCUT2D eigenvalue weighted by Crippen LogP contribution is 2.20. The van der Waals surface area contributed by atoms with Crippen LogP contribution >= 0.6 is 0 Å². The van der Waals surface area contributed by atoms with E-state index in [-0.39, 0.29) is 17.4 Å². The Labute approximate surface area is 158 Å². The molecule has 1 unspecified atom stereocenters. The summed E-state index contributed by atoms with van der Waals surface area (Å²) < 4.78 is 0. The van der Waals surface area contributed by atoms with Crippen molar-refractivity contribution in [3.63, 3.8) is 0 Å². The number of carbonyl (C=O) groups is 2. The van der Waals surface area contributed by atoms with E-state index in [1.54, 1.807) is 6.20 Å². The third-order valence-corrected chi connectivity index (χ3v) is 3.83. The Balaban J connectivity index is 2.29. The smallest absolute Gasteiger partial charge is 0.271 e. The highest BCUT2D eigenvalue weighted by molar-refractivity contribution is 5.96. The second-order valence-corrected chi connectivity index (χ2v) is 6.56. The Morgan fingerprint density at radius 2 is 1.89 bits per heavy atom. The topological polar surface area (TPSA) is 149 Å². The first-order valence-electron chi connectivity index (χ1n) is 8.74. The van der Waals surface area contributed by atoms with Gasteiger partial charge < -0.3 is 22.1 Å². The van der Waals surface area contributed by atoms with Crippen LogP contribution in [-0.4, -0.2) is 32.8 Å². The van der Waals surface area contributed by atoms with Crippen LogP contribution in [0.1, 0.15) is 43.4 Å². The van der Waals surface area contributed by atoms with Crippen LogP contribution in [0.25, 0.3) is 0 Å². The predicted molar refractivity (Wildman–Crippen MR) is 104 cm³/mol. The molecule has 2 aromatic heterocycles. The number of aromatic nitrogens is 3. The van der Waals surface area contributed by atoms with Gasteiger partial charge in [0.05, 0.1) is 18.1 Å². The van der Waals surface area contributed by atoms with E-state index in [0.29, 0.717) is 17.9 Å². The van der Waals surface area contributed by atoms with Crippen molar-refractivity contribution in [2.45, 2.75) is 39.7 Å². The summed E-state index contributed by atoms with van der Waals surface area (Å²) in [4.78, 5) is 36.0. The fourth-order valence-corrected chi connectivity index (χ4v) is 2.47. The summed E-state index contributed by atoms with van der Waals surface area (Å²) in [5.41, 5.74) is 12.4. The standard InChI is InChI=1S/C18H25N7O2/c1-4-11-5-6-12(8-21-11)23-18-15(17(20)27)22-9-14(25-18)24-13(16(19)26)7-10(2)3/h5-6,8-10,13H,4,7H2,1-3H3,(H2,19,26)(H2,20,27)(H2,23,24,25). The van der Waals surface area contributed by atoms with Gasteiger partial charge >= 0.3 is 0 Å². The first kappa shape index (κ1) is 20.1. The third-order valence-electron chi connectivity index (χ3n) is 3.83. The summed E-state index contributed by atoms with van der Waals surface area (Å²) in [6, 6.07) is 3.09. The van der Waals surface area contributed by atoms with Gasteiger partial charge in [0.15, 0.2) is 11.5 Å². The molecule has 2 heterocycles. The Kier molecular flexibility index (Phi) is 6.64. The van der Waals surface area contributed by atoms with Crippen molar-refractivity contribution in [3.05, 3.63) is 35.9 Å². The minimum absolute atomic E-state index is 0.0143. The van der Waals surface area contributed by atoms with Crippen molar-refractivity contribution in [1.82, 2.24) is 15.0 Å². The number of nitrogens with zero attached hydrogens (tertiary/aromatic N) is 3. The molecule has 0 aliphatic carbocycles. The fraction of sp³-hybridized carbons (Fsp3) is 0.389. The van der Waals surface area contributed by atoms with Gasteiger partial charge in [-0.2, -0.15) is 0 Å². The van der Waals surface area contributed by atoms with E-state index in [1.165, 1.54) is 6.20 Å². The molecule has 2 amide bonds. The summed E-state index contributed by atoms with van der Waals surface area (Å²) >= 11 is 0. The zero-order valence-corrected chi connectivity index (χ0v) is 15.7. The Morgan fingerprint density at radius 3 is 2.41 bits per heavy atom. The van der Waals surface area contributed by atoms with Crippen LogP contribution in [0.5, 0.6) is 0 Å². The third kappa shape index (κ3) is 5.63. The number of anilines is 3. The lowest BCUT2D eigenvalue weighted by Crippen LogP contribution is -2.37. The second-order valence-electron chi connectivity index (χ2n) is 6.56. The minimum Gasteiger partial charge on any atom is -0.368 e. The normalized spacial score (nSPS) is 11.9. The lowest BCUT2D eigenvalue weighted by Gasteiger charge is -2.18. The van der Waals surface area contributed by atoms with Gasteiger partial charge in [-0.05, 0) is 30.9 Å². The molecule has 0 fully saturated rings. The number of rotatable bonds is 9. The van der Waals surface area contributed by atoms with Gasteiger partial charge in [0.25, 0.3) is 5.91 Å². The highest BCUT2D eigenvalue weighted by atomic mass is 16.1. The molecule has 6 N–H and O–H groups in total. The molecule has 27 heavy (non-hydrogen) atoms. The average molecular weight is 371 g/mol. The zero-order valence-electron chi connectivity index (χ0n) is 15.7. The average Bonchev–Trinajstić information content (AvgIpc) is 2.61. The van der Waals surface area contributed by atoms with Crippen molar-refractivity contribution < 1.29 is 9.59 Å². The molecule has 0 aromatic carbocycles. The molecule has 144 valence electrons. The summed E-state index contributed by atoms with van der Waals surface area (Å²) in [6.07, 6.45) is 4.34. The van der Waals surface area contributed by atoms with Gasteiger partial charge in [-0.15, -0.1) is 0 Å². The molecule has 0 aliphatic rings. The van der Waals surface area contributed by atoms with Crippen LogP contribution < -0.4 is 22.1 Å². The number of primary amides is 2. The SMILES string of the molecule is CCc1ccc(Nc2nc(NC(CC(C)C)C(N)=O)cnc2C(N)=O)cn1.